The number of nitrogens with zero attached hydrogens (tertiary/aromatic N) is 1. The van der Waals surface area contributed by atoms with Gasteiger partial charge in [-0.15, -0.1) is 0 Å². The second-order valence-corrected chi connectivity index (χ2v) is 4.80. The summed E-state index contributed by atoms with van der Waals surface area (Å²) in [5.74, 6) is 3.37. The standard InChI is InChI=1S/C15H19N3O2S/c1-3-13-17-14(10-15(21)18-13)16-8-9-20-12-6-4-11(19-2)5-7-12/h4-7,10H,3,8-9H2,1-2H3,(H2,16,17,18,21). The minimum Gasteiger partial charge on any atom is -0.497 e. The minimum absolute atomic E-state index is 0.552. The average Bonchev–Trinajstić information content (AvgIpc) is 2.51. The van der Waals surface area contributed by atoms with Gasteiger partial charge >= 0.3 is 0 Å². The molecule has 0 unspecified atom stereocenters. The molecule has 112 valence electrons. The van der Waals surface area contributed by atoms with Crippen LogP contribution >= 0.6 is 12.2 Å². The first-order valence-electron chi connectivity index (χ1n) is 6.82. The lowest BCUT2D eigenvalue weighted by Gasteiger charge is -2.10. The van der Waals surface area contributed by atoms with Gasteiger partial charge in [-0.2, -0.15) is 0 Å². The molecule has 21 heavy (non-hydrogen) atoms. The van der Waals surface area contributed by atoms with Gasteiger partial charge in [-0.25, -0.2) is 4.98 Å². The molecule has 0 amide bonds. The maximum atomic E-state index is 5.64. The molecule has 0 spiro atoms. The first-order valence-corrected chi connectivity index (χ1v) is 7.23. The Balaban J connectivity index is 1.81. The zero-order valence-electron chi connectivity index (χ0n) is 12.2. The van der Waals surface area contributed by atoms with Gasteiger partial charge in [0.25, 0.3) is 0 Å². The summed E-state index contributed by atoms with van der Waals surface area (Å²) >= 11 is 5.12. The number of hydrogen-bond acceptors (Lipinski definition) is 5. The van der Waals surface area contributed by atoms with Gasteiger partial charge in [0.15, 0.2) is 0 Å². The molecule has 0 saturated carbocycles. The van der Waals surface area contributed by atoms with Crippen LogP contribution in [0.25, 0.3) is 0 Å². The predicted octanol–water partition coefficient (Wildman–Crippen LogP) is 3.20. The van der Waals surface area contributed by atoms with E-state index in [1.54, 1.807) is 7.11 Å². The summed E-state index contributed by atoms with van der Waals surface area (Å²) in [5.41, 5.74) is 0. The van der Waals surface area contributed by atoms with Crippen LogP contribution in [0.15, 0.2) is 30.3 Å². The van der Waals surface area contributed by atoms with Gasteiger partial charge in [0, 0.05) is 12.5 Å². The van der Waals surface area contributed by atoms with E-state index < -0.39 is 0 Å². The van der Waals surface area contributed by atoms with Crippen molar-refractivity contribution in [2.75, 3.05) is 25.6 Å². The zero-order chi connectivity index (χ0) is 15.1. The molecule has 1 aromatic carbocycles. The molecule has 2 N–H and O–H groups in total. The molecule has 0 radical (unpaired) electrons. The van der Waals surface area contributed by atoms with E-state index >= 15 is 0 Å². The van der Waals surface area contributed by atoms with E-state index in [1.807, 2.05) is 37.3 Å². The summed E-state index contributed by atoms with van der Waals surface area (Å²) < 4.78 is 11.3. The minimum atomic E-state index is 0.552. The Kier molecular flexibility index (Phi) is 5.57. The molecular weight excluding hydrogens is 286 g/mol. The SMILES string of the molecule is CCc1nc(=S)cc(NCCOc2ccc(OC)cc2)[nH]1. The molecule has 0 bridgehead atoms. The van der Waals surface area contributed by atoms with Crippen LogP contribution in [0.3, 0.4) is 0 Å². The van der Waals surface area contributed by atoms with Crippen LogP contribution in [0.5, 0.6) is 11.5 Å². The molecule has 0 saturated heterocycles. The van der Waals surface area contributed by atoms with E-state index in [1.165, 1.54) is 0 Å². The van der Waals surface area contributed by atoms with Crippen LogP contribution in [0.2, 0.25) is 0 Å². The molecule has 0 atom stereocenters. The van der Waals surface area contributed by atoms with Crippen LogP contribution < -0.4 is 14.8 Å². The maximum absolute atomic E-state index is 5.64. The Morgan fingerprint density at radius 2 is 1.95 bits per heavy atom. The number of rotatable bonds is 7. The van der Waals surface area contributed by atoms with Crippen molar-refractivity contribution in [3.05, 3.63) is 40.8 Å². The van der Waals surface area contributed by atoms with Gasteiger partial charge in [-0.3, -0.25) is 0 Å². The second-order valence-electron chi connectivity index (χ2n) is 4.38. The fourth-order valence-electron chi connectivity index (χ4n) is 1.80. The highest BCUT2D eigenvalue weighted by atomic mass is 32.1. The van der Waals surface area contributed by atoms with Gasteiger partial charge in [0.1, 0.15) is 34.4 Å². The van der Waals surface area contributed by atoms with Crippen molar-refractivity contribution in [2.24, 2.45) is 0 Å². The number of aromatic amines is 1. The van der Waals surface area contributed by atoms with Crippen molar-refractivity contribution in [3.63, 3.8) is 0 Å². The maximum Gasteiger partial charge on any atom is 0.131 e. The highest BCUT2D eigenvalue weighted by molar-refractivity contribution is 7.71. The normalized spacial score (nSPS) is 10.2. The average molecular weight is 305 g/mol. The predicted molar refractivity (Wildman–Crippen MR) is 85.8 cm³/mol. The van der Waals surface area contributed by atoms with Crippen molar-refractivity contribution in [2.45, 2.75) is 13.3 Å². The van der Waals surface area contributed by atoms with Crippen molar-refractivity contribution in [3.8, 4) is 11.5 Å². The van der Waals surface area contributed by atoms with E-state index in [0.717, 1.165) is 29.6 Å². The summed E-state index contributed by atoms with van der Waals surface area (Å²) in [6, 6.07) is 9.32. The van der Waals surface area contributed by atoms with Gasteiger partial charge in [0.05, 0.1) is 13.7 Å². The number of hydrogen-bond donors (Lipinski definition) is 2. The lowest BCUT2D eigenvalue weighted by Crippen LogP contribution is -2.13. The molecule has 2 aromatic rings. The Morgan fingerprint density at radius 3 is 2.62 bits per heavy atom. The van der Waals surface area contributed by atoms with Gasteiger partial charge in [-0.05, 0) is 24.3 Å². The molecule has 1 aromatic heterocycles. The fraction of sp³-hybridized carbons (Fsp3) is 0.333. The third-order valence-electron chi connectivity index (χ3n) is 2.87. The molecule has 0 fully saturated rings. The lowest BCUT2D eigenvalue weighted by atomic mass is 10.3. The topological polar surface area (TPSA) is 59.2 Å². The molecule has 0 aliphatic carbocycles. The monoisotopic (exact) mass is 305 g/mol. The first kappa shape index (κ1) is 15.3. The third kappa shape index (κ3) is 4.75. The molecule has 5 nitrogen and oxygen atoms in total. The lowest BCUT2D eigenvalue weighted by molar-refractivity contribution is 0.331. The van der Waals surface area contributed by atoms with Crippen LogP contribution in [0, 0.1) is 4.64 Å². The quantitative estimate of drug-likeness (QED) is 0.607. The van der Waals surface area contributed by atoms with Gasteiger partial charge < -0.3 is 19.8 Å². The smallest absolute Gasteiger partial charge is 0.131 e. The van der Waals surface area contributed by atoms with E-state index in [9.17, 15) is 0 Å². The van der Waals surface area contributed by atoms with Crippen LogP contribution in [-0.4, -0.2) is 30.2 Å². The van der Waals surface area contributed by atoms with E-state index in [2.05, 4.69) is 15.3 Å². The first-order chi connectivity index (χ1) is 10.2. The number of H-pyrrole nitrogens is 1. The molecule has 2 rings (SSSR count). The van der Waals surface area contributed by atoms with Crippen LogP contribution in [-0.2, 0) is 6.42 Å². The largest absolute Gasteiger partial charge is 0.497 e. The third-order valence-corrected chi connectivity index (χ3v) is 3.08. The Labute approximate surface area is 129 Å². The summed E-state index contributed by atoms with van der Waals surface area (Å²) in [5, 5.41) is 3.24. The molecule has 0 aliphatic heterocycles. The Hall–Kier alpha value is -2.08. The number of methoxy groups -OCH3 is 1. The molecule has 6 heteroatoms. The van der Waals surface area contributed by atoms with Crippen molar-refractivity contribution in [1.29, 1.82) is 0 Å². The van der Waals surface area contributed by atoms with Gasteiger partial charge in [0.2, 0.25) is 0 Å². The summed E-state index contributed by atoms with van der Waals surface area (Å²) in [7, 11) is 1.64. The Bertz CT molecular complexity index is 626. The zero-order valence-corrected chi connectivity index (χ0v) is 13.0. The van der Waals surface area contributed by atoms with E-state index in [4.69, 9.17) is 21.7 Å². The van der Waals surface area contributed by atoms with Crippen LogP contribution in [0.4, 0.5) is 5.82 Å². The summed E-state index contributed by atoms with van der Waals surface area (Å²) in [6.07, 6.45) is 0.821. The van der Waals surface area contributed by atoms with E-state index in [0.29, 0.717) is 17.8 Å². The number of anilines is 1. The Morgan fingerprint density at radius 1 is 1.24 bits per heavy atom. The number of aromatic nitrogens is 2. The number of ether oxygens (including phenoxy) is 2. The van der Waals surface area contributed by atoms with Crippen molar-refractivity contribution >= 4 is 18.0 Å². The molecule has 0 aliphatic rings. The van der Waals surface area contributed by atoms with Crippen molar-refractivity contribution in [1.82, 2.24) is 9.97 Å². The highest BCUT2D eigenvalue weighted by Crippen LogP contribution is 2.16. The van der Waals surface area contributed by atoms with Gasteiger partial charge in [-0.1, -0.05) is 19.1 Å². The van der Waals surface area contributed by atoms with Crippen molar-refractivity contribution < 1.29 is 9.47 Å². The highest BCUT2D eigenvalue weighted by Gasteiger charge is 1.98. The number of benzene rings is 1. The number of aryl methyl sites for hydroxylation is 1. The van der Waals surface area contributed by atoms with E-state index in [-0.39, 0.29) is 0 Å². The fourth-order valence-corrected chi connectivity index (χ4v) is 2.03. The van der Waals surface area contributed by atoms with Crippen LogP contribution in [0.1, 0.15) is 12.7 Å². The summed E-state index contributed by atoms with van der Waals surface area (Å²) in [4.78, 5) is 7.41. The molecule has 1 heterocycles. The second kappa shape index (κ2) is 7.64. The summed E-state index contributed by atoms with van der Waals surface area (Å²) in [6.45, 7) is 3.26. The molecular formula is C15H19N3O2S. The number of nitrogens with one attached hydrogen (secondary N) is 2.